The zero-order valence-electron chi connectivity index (χ0n) is 72.1. The highest BCUT2D eigenvalue weighted by Crippen LogP contribution is 2.44. The van der Waals surface area contributed by atoms with Crippen molar-refractivity contribution in [3.63, 3.8) is 0 Å². The molecule has 0 saturated carbocycles. The summed E-state index contributed by atoms with van der Waals surface area (Å²) in [6.07, 6.45) is 17.9. The molecule has 0 aliphatic carbocycles. The van der Waals surface area contributed by atoms with Gasteiger partial charge in [-0.05, 0) is 226 Å². The molecular weight excluding hydrogens is 1530 g/mol. The van der Waals surface area contributed by atoms with Crippen molar-refractivity contribution in [2.45, 2.75) is 184 Å². The molecule has 3 aromatic carbocycles. The maximum atomic E-state index is 12.6. The minimum atomic E-state index is -5.77. The highest BCUT2D eigenvalue weighted by Gasteiger charge is 2.52. The van der Waals surface area contributed by atoms with Gasteiger partial charge in [-0.2, -0.15) is 21.6 Å². The van der Waals surface area contributed by atoms with Crippen LogP contribution in [-0.2, 0) is 40.4 Å². The fourth-order valence-electron chi connectivity index (χ4n) is 14.7. The molecule has 25 heteroatoms. The number of ether oxygens (including phenoxy) is 1. The van der Waals surface area contributed by atoms with Gasteiger partial charge in [-0.1, -0.05) is 140 Å². The second kappa shape index (κ2) is 35.3. The zero-order valence-corrected chi connectivity index (χ0v) is 72.9. The number of hydrogen-bond donors (Lipinski definition) is 0. The monoisotopic (exact) mass is 1640 g/mol. The molecule has 120 heavy (non-hydrogen) atoms. The summed E-state index contributed by atoms with van der Waals surface area (Å²) in [5.74, 6) is 2.69. The molecule has 0 spiro atoms. The second-order valence-corrected chi connectivity index (χ2v) is 34.8. The number of pyridine rings is 3. The van der Waals surface area contributed by atoms with E-state index in [1.54, 1.807) is 12.4 Å². The fourth-order valence-corrected chi connectivity index (χ4v) is 15.2. The molecule has 11 heterocycles. The van der Waals surface area contributed by atoms with Crippen LogP contribution in [0.4, 0.5) is 13.2 Å². The maximum absolute atomic E-state index is 12.6. The molecule has 20 nitrogen and oxygen atoms in total. The lowest BCUT2D eigenvalue weighted by Crippen LogP contribution is -2.41. The number of benzene rings is 3. The minimum Gasteiger partial charge on any atom is -0.492 e. The van der Waals surface area contributed by atoms with Crippen molar-refractivity contribution in [3.8, 4) is 68.2 Å². The van der Waals surface area contributed by atoms with Gasteiger partial charge in [0.1, 0.15) is 11.5 Å². The van der Waals surface area contributed by atoms with Crippen LogP contribution in [0.15, 0.2) is 220 Å². The van der Waals surface area contributed by atoms with E-state index in [4.69, 9.17) is 24.0 Å². The van der Waals surface area contributed by atoms with E-state index in [1.165, 1.54) is 23.3 Å². The molecular formula is C95H106BF3N14O6S. The van der Waals surface area contributed by atoms with Crippen molar-refractivity contribution >= 4 is 28.5 Å². The molecule has 14 rings (SSSR count). The average molecular weight is 1640 g/mol. The number of rotatable bonds is 24. The number of nitrogens with zero attached hydrogens (tertiary/aromatic N) is 14. The van der Waals surface area contributed by atoms with Crippen LogP contribution in [-0.4, -0.2) is 108 Å². The summed E-state index contributed by atoms with van der Waals surface area (Å²) in [5, 5.41) is 8.73. The molecule has 0 amide bonds. The van der Waals surface area contributed by atoms with Crippen LogP contribution in [0.2, 0.25) is 0 Å². The Balaban J connectivity index is 0.000000165. The second-order valence-electron chi connectivity index (χ2n) is 33.3. The predicted octanol–water partition coefficient (Wildman–Crippen LogP) is 20.5. The van der Waals surface area contributed by atoms with Crippen LogP contribution in [0.3, 0.4) is 0 Å². The summed E-state index contributed by atoms with van der Waals surface area (Å²) in [6.45, 7) is 46.7. The number of aryl methyl sites for hydroxylation is 6. The first kappa shape index (κ1) is 87.6. The quantitative estimate of drug-likeness (QED) is 0.0180. The standard InChI is InChI=1S/C36H40N6O.C32H39BN4O2.C27H27F3N4O3S/c1-8-9-20-43-27(6)32-17-18-33(41-40-32)29-14-19-34(37-21-29)36(7,24(2)3)31-15-12-28(13-16-31)30-22-38-35(39-23-30)42-25(4)10-11-26(42)5;1-21(2)32(9,28-17-16-27(20-34-28)33-38-30(5,6)31(7,8)39-33)26-14-12-24(13-15-26)25-18-35-29(36-19-25)37-22(3)10-11-23(37)4;1-17(2)26(5,24-13-12-23(16-31-24)37-38(35,36)27(28,29)30)22-10-8-20(9-11-22)21-14-32-25(33-15-21)34-18(3)6-7-19(34)4/h10-19,21-24H,6,8-9,20H2,1-5,7H3;10-21H,1-9H3;6-17H,1-5H3. The third-order valence-corrected chi connectivity index (χ3v) is 25.1. The van der Waals surface area contributed by atoms with E-state index in [-0.39, 0.29) is 27.9 Å². The van der Waals surface area contributed by atoms with Gasteiger partial charge in [0.05, 0.1) is 46.8 Å². The lowest BCUT2D eigenvalue weighted by molar-refractivity contribution is -0.0500. The molecule has 1 saturated heterocycles. The van der Waals surface area contributed by atoms with Crippen molar-refractivity contribution in [1.29, 1.82) is 0 Å². The highest BCUT2D eigenvalue weighted by atomic mass is 32.2. The van der Waals surface area contributed by atoms with Crippen molar-refractivity contribution in [1.82, 2.24) is 68.8 Å². The first-order chi connectivity index (χ1) is 56.8. The smallest absolute Gasteiger partial charge is 0.492 e. The van der Waals surface area contributed by atoms with Gasteiger partial charge < -0.3 is 18.2 Å². The molecule has 0 radical (unpaired) electrons. The van der Waals surface area contributed by atoms with Gasteiger partial charge in [0.15, 0.2) is 5.75 Å². The molecule has 3 atom stereocenters. The average Bonchev–Trinajstić information content (AvgIpc) is 1.45. The first-order valence-electron chi connectivity index (χ1n) is 40.5. The summed E-state index contributed by atoms with van der Waals surface area (Å²) in [7, 11) is -6.19. The SMILES string of the molecule is C=C(OCCCC)c1ccc(-c2ccc(C(C)(c3ccc(-c4cnc(-n5c(C)ccc5C)nc4)cc3)C(C)C)nc2)nn1.Cc1ccc(C)n1-c1ncc(-c2ccc(C(C)(c3ccc(B4OC(C)(C)C(C)(C)O4)cn3)C(C)C)cc2)cn1.Cc1ccc(C)n1-c1ncc(-c2ccc(C(C)(c3ccc(OS(=O)(=O)C(F)(F)F)cn3)C(C)C)cc2)cn1. The minimum absolute atomic E-state index is 0.0437. The third-order valence-electron chi connectivity index (χ3n) is 24.2. The van der Waals surface area contributed by atoms with Gasteiger partial charge in [0, 0.05) is 128 Å². The number of aromatic nitrogens is 14. The van der Waals surface area contributed by atoms with Crippen LogP contribution >= 0.6 is 0 Å². The Bertz CT molecular complexity index is 5730. The number of unbranched alkanes of at least 4 members (excludes halogenated alkanes) is 1. The van der Waals surface area contributed by atoms with Crippen LogP contribution in [0.25, 0.3) is 68.2 Å². The predicted molar refractivity (Wildman–Crippen MR) is 468 cm³/mol. The molecule has 3 unspecified atom stereocenters. The molecule has 10 aromatic heterocycles. The summed E-state index contributed by atoms with van der Waals surface area (Å²) < 4.78 is 88.9. The molecule has 1 aliphatic rings. The Hall–Kier alpha value is -11.7. The van der Waals surface area contributed by atoms with Crippen LogP contribution in [0.1, 0.15) is 183 Å². The molecule has 1 fully saturated rings. The van der Waals surface area contributed by atoms with Gasteiger partial charge in [0.25, 0.3) is 0 Å². The van der Waals surface area contributed by atoms with Gasteiger partial charge in [-0.3, -0.25) is 28.7 Å². The van der Waals surface area contributed by atoms with Gasteiger partial charge >= 0.3 is 22.7 Å². The van der Waals surface area contributed by atoms with Crippen LogP contribution in [0, 0.1) is 59.3 Å². The number of alkyl halides is 3. The maximum Gasteiger partial charge on any atom is 0.534 e. The summed E-state index contributed by atoms with van der Waals surface area (Å²) in [6, 6.07) is 52.4. The summed E-state index contributed by atoms with van der Waals surface area (Å²) in [5.41, 5.74) is 14.2. The van der Waals surface area contributed by atoms with E-state index in [0.717, 1.165) is 120 Å². The summed E-state index contributed by atoms with van der Waals surface area (Å²) >= 11 is 0. The van der Waals surface area contributed by atoms with Crippen molar-refractivity contribution < 1.29 is 39.8 Å². The Kier molecular flexibility index (Phi) is 25.8. The molecule has 0 N–H and O–H groups in total. The lowest BCUT2D eigenvalue weighted by Gasteiger charge is -2.34. The third kappa shape index (κ3) is 18.1. The van der Waals surface area contributed by atoms with Crippen molar-refractivity contribution in [2.75, 3.05) is 6.61 Å². The van der Waals surface area contributed by atoms with Crippen LogP contribution in [0.5, 0.6) is 5.75 Å². The van der Waals surface area contributed by atoms with E-state index < -0.39 is 33.9 Å². The Morgan fingerprint density at radius 1 is 0.433 bits per heavy atom. The van der Waals surface area contributed by atoms with E-state index >= 15 is 0 Å². The Morgan fingerprint density at radius 2 is 0.767 bits per heavy atom. The summed E-state index contributed by atoms with van der Waals surface area (Å²) in [4.78, 5) is 41.8. The number of hydrogen-bond acceptors (Lipinski definition) is 17. The van der Waals surface area contributed by atoms with E-state index in [9.17, 15) is 21.6 Å². The first-order valence-corrected chi connectivity index (χ1v) is 41.9. The topological polar surface area (TPSA) is 228 Å². The molecule has 0 bridgehead atoms. The van der Waals surface area contributed by atoms with E-state index in [0.29, 0.717) is 53.4 Å². The van der Waals surface area contributed by atoms with Crippen molar-refractivity contribution in [2.24, 2.45) is 17.8 Å². The Labute approximate surface area is 703 Å². The largest absolute Gasteiger partial charge is 0.534 e. The fraction of sp³-hybridized carbons (Fsp3) is 0.337. The van der Waals surface area contributed by atoms with Crippen molar-refractivity contribution in [3.05, 3.63) is 294 Å². The zero-order chi connectivity index (χ0) is 86.6. The molecule has 1 aliphatic heterocycles. The number of halogens is 3. The van der Waals surface area contributed by atoms with Gasteiger partial charge in [0.2, 0.25) is 17.8 Å². The lowest BCUT2D eigenvalue weighted by atomic mass is 9.70. The van der Waals surface area contributed by atoms with E-state index in [1.807, 2.05) is 125 Å². The van der Waals surface area contributed by atoms with Crippen LogP contribution < -0.4 is 9.65 Å². The van der Waals surface area contributed by atoms with Gasteiger partial charge in [-0.15, -0.1) is 10.2 Å². The molecule has 622 valence electrons. The van der Waals surface area contributed by atoms with Gasteiger partial charge in [-0.25, -0.2) is 29.9 Å². The highest BCUT2D eigenvalue weighted by molar-refractivity contribution is 7.88. The normalized spacial score (nSPS) is 14.8. The molecule has 13 aromatic rings. The van der Waals surface area contributed by atoms with E-state index in [2.05, 4.69) is 266 Å². The Morgan fingerprint density at radius 3 is 1.06 bits per heavy atom.